The van der Waals surface area contributed by atoms with Crippen molar-refractivity contribution in [3.8, 4) is 5.75 Å². The van der Waals surface area contributed by atoms with E-state index in [1.165, 1.54) is 24.8 Å². The van der Waals surface area contributed by atoms with E-state index in [9.17, 15) is 9.59 Å². The van der Waals surface area contributed by atoms with E-state index in [2.05, 4.69) is 42.2 Å². The topological polar surface area (TPSA) is 58.6 Å². The minimum atomic E-state index is -0.430. The lowest BCUT2D eigenvalue weighted by molar-refractivity contribution is -0.126. The summed E-state index contributed by atoms with van der Waals surface area (Å²) in [6.45, 7) is 4.29. The standard InChI is InChI=1S/C28H32N2O3/c1-19-11-16-25(27(31)29-19)30-18-22-17-23(14-15-24(22)28(30)32)33-26-10-6-5-9-21(26)13-12-20-7-3-2-4-8-20/h2-4,7-8,14-15,17,21,25-26H,1,5-6,9-13,16,18H2,(H,29,31). The number of benzene rings is 2. The third kappa shape index (κ3) is 4.68. The Hall–Kier alpha value is -3.08. The summed E-state index contributed by atoms with van der Waals surface area (Å²) in [4.78, 5) is 27.1. The summed E-state index contributed by atoms with van der Waals surface area (Å²) in [6, 6.07) is 16.0. The largest absolute Gasteiger partial charge is 0.490 e. The Labute approximate surface area is 195 Å². The number of fused-ring (bicyclic) bond motifs is 1. The van der Waals surface area contributed by atoms with Gasteiger partial charge >= 0.3 is 0 Å². The fourth-order valence-electron chi connectivity index (χ4n) is 5.53. The highest BCUT2D eigenvalue weighted by Gasteiger charge is 2.38. The van der Waals surface area contributed by atoms with Crippen molar-refractivity contribution in [3.05, 3.63) is 77.5 Å². The van der Waals surface area contributed by atoms with Gasteiger partial charge in [-0.2, -0.15) is 0 Å². The van der Waals surface area contributed by atoms with Gasteiger partial charge in [-0.15, -0.1) is 0 Å². The van der Waals surface area contributed by atoms with Crippen LogP contribution in [-0.4, -0.2) is 28.9 Å². The van der Waals surface area contributed by atoms with Crippen LogP contribution in [0.25, 0.3) is 0 Å². The van der Waals surface area contributed by atoms with E-state index in [0.717, 1.165) is 36.3 Å². The molecule has 33 heavy (non-hydrogen) atoms. The minimum Gasteiger partial charge on any atom is -0.490 e. The summed E-state index contributed by atoms with van der Waals surface area (Å²) in [5, 5.41) is 2.80. The van der Waals surface area contributed by atoms with Crippen LogP contribution in [0.5, 0.6) is 5.75 Å². The smallest absolute Gasteiger partial charge is 0.255 e. The number of nitrogens with zero attached hydrogens (tertiary/aromatic N) is 1. The van der Waals surface area contributed by atoms with Crippen LogP contribution in [0.2, 0.25) is 0 Å². The zero-order valence-electron chi connectivity index (χ0n) is 19.1. The Morgan fingerprint density at radius 2 is 1.85 bits per heavy atom. The Morgan fingerprint density at radius 1 is 1.03 bits per heavy atom. The third-order valence-corrected chi connectivity index (χ3v) is 7.38. The molecule has 5 nitrogen and oxygen atoms in total. The number of aryl methyl sites for hydroxylation is 1. The first kappa shape index (κ1) is 21.7. The van der Waals surface area contributed by atoms with E-state index >= 15 is 0 Å². The zero-order chi connectivity index (χ0) is 22.8. The number of hydrogen-bond acceptors (Lipinski definition) is 3. The van der Waals surface area contributed by atoms with Crippen LogP contribution in [0.3, 0.4) is 0 Å². The maximum Gasteiger partial charge on any atom is 0.255 e. The van der Waals surface area contributed by atoms with Crippen molar-refractivity contribution in [3.63, 3.8) is 0 Å². The average molecular weight is 445 g/mol. The van der Waals surface area contributed by atoms with Gasteiger partial charge in [0.25, 0.3) is 5.91 Å². The Kier molecular flexibility index (Phi) is 6.21. The number of ether oxygens (including phenoxy) is 1. The van der Waals surface area contributed by atoms with Gasteiger partial charge in [-0.25, -0.2) is 0 Å². The van der Waals surface area contributed by atoms with Crippen molar-refractivity contribution in [2.75, 3.05) is 0 Å². The number of hydrogen-bond donors (Lipinski definition) is 1. The molecule has 0 radical (unpaired) electrons. The monoisotopic (exact) mass is 444 g/mol. The van der Waals surface area contributed by atoms with E-state index in [0.29, 0.717) is 30.9 Å². The van der Waals surface area contributed by atoms with E-state index in [1.54, 1.807) is 4.90 Å². The van der Waals surface area contributed by atoms with Gasteiger partial charge in [0, 0.05) is 17.8 Å². The predicted molar refractivity (Wildman–Crippen MR) is 128 cm³/mol. The van der Waals surface area contributed by atoms with Crippen molar-refractivity contribution >= 4 is 11.8 Å². The first-order valence-corrected chi connectivity index (χ1v) is 12.2. The van der Waals surface area contributed by atoms with E-state index in [4.69, 9.17) is 4.74 Å². The highest BCUT2D eigenvalue weighted by molar-refractivity contribution is 6.01. The summed E-state index contributed by atoms with van der Waals surface area (Å²) in [5.41, 5.74) is 3.74. The second kappa shape index (κ2) is 9.42. The molecule has 1 saturated heterocycles. The van der Waals surface area contributed by atoms with Crippen molar-refractivity contribution in [1.29, 1.82) is 0 Å². The summed E-state index contributed by atoms with van der Waals surface area (Å²) in [6.07, 6.45) is 8.50. The first-order chi connectivity index (χ1) is 16.1. The number of carbonyl (C=O) groups is 2. The molecule has 5 heteroatoms. The molecule has 5 rings (SSSR count). The molecule has 1 saturated carbocycles. The van der Waals surface area contributed by atoms with Crippen molar-refractivity contribution in [1.82, 2.24) is 10.2 Å². The molecule has 2 fully saturated rings. The number of amides is 2. The normalized spacial score (nSPS) is 25.0. The SMILES string of the molecule is C=C1CCC(N2Cc3cc(OC4CCCCC4CCc4ccccc4)ccc3C2=O)C(=O)N1. The fourth-order valence-corrected chi connectivity index (χ4v) is 5.53. The Bertz CT molecular complexity index is 1050. The van der Waals surface area contributed by atoms with E-state index in [-0.39, 0.29) is 17.9 Å². The maximum absolute atomic E-state index is 13.0. The number of allylic oxidation sites excluding steroid dienone is 1. The van der Waals surface area contributed by atoms with E-state index < -0.39 is 6.04 Å². The number of carbonyl (C=O) groups excluding carboxylic acids is 2. The van der Waals surface area contributed by atoms with Crippen LogP contribution in [0.4, 0.5) is 0 Å². The van der Waals surface area contributed by atoms with Gasteiger partial charge in [-0.05, 0) is 80.2 Å². The van der Waals surface area contributed by atoms with Crippen molar-refractivity contribution in [2.24, 2.45) is 5.92 Å². The lowest BCUT2D eigenvalue weighted by atomic mass is 9.82. The Morgan fingerprint density at radius 3 is 2.67 bits per heavy atom. The molecule has 2 amide bonds. The van der Waals surface area contributed by atoms with Crippen molar-refractivity contribution in [2.45, 2.75) is 70.1 Å². The van der Waals surface area contributed by atoms with Crippen LogP contribution >= 0.6 is 0 Å². The van der Waals surface area contributed by atoms with Crippen LogP contribution in [0, 0.1) is 5.92 Å². The van der Waals surface area contributed by atoms with Crippen LogP contribution in [0.15, 0.2) is 60.8 Å². The second-order valence-corrected chi connectivity index (χ2v) is 9.62. The van der Waals surface area contributed by atoms with Crippen LogP contribution < -0.4 is 10.1 Å². The van der Waals surface area contributed by atoms with Gasteiger partial charge in [0.2, 0.25) is 5.91 Å². The lowest BCUT2D eigenvalue weighted by Gasteiger charge is -2.32. The molecule has 3 aliphatic rings. The zero-order valence-corrected chi connectivity index (χ0v) is 19.1. The van der Waals surface area contributed by atoms with Crippen molar-refractivity contribution < 1.29 is 14.3 Å². The van der Waals surface area contributed by atoms with Gasteiger partial charge < -0.3 is 15.0 Å². The minimum absolute atomic E-state index is 0.0670. The molecular formula is C28H32N2O3. The maximum atomic E-state index is 13.0. The quantitative estimate of drug-likeness (QED) is 0.682. The molecule has 2 heterocycles. The van der Waals surface area contributed by atoms with Gasteiger partial charge in [0.15, 0.2) is 0 Å². The molecule has 0 bridgehead atoms. The summed E-state index contributed by atoms with van der Waals surface area (Å²) >= 11 is 0. The molecule has 0 aromatic heterocycles. The second-order valence-electron chi connectivity index (χ2n) is 9.62. The molecule has 2 aromatic carbocycles. The fraction of sp³-hybridized carbons (Fsp3) is 0.429. The van der Waals surface area contributed by atoms with Crippen LogP contribution in [0.1, 0.15) is 66.4 Å². The molecule has 3 atom stereocenters. The van der Waals surface area contributed by atoms with Gasteiger partial charge in [0.1, 0.15) is 17.9 Å². The molecule has 1 aliphatic carbocycles. The van der Waals surface area contributed by atoms with Gasteiger partial charge in [-0.3, -0.25) is 9.59 Å². The first-order valence-electron chi connectivity index (χ1n) is 12.2. The molecule has 0 spiro atoms. The number of piperidine rings is 1. The molecule has 1 N–H and O–H groups in total. The van der Waals surface area contributed by atoms with E-state index in [1.807, 2.05) is 18.2 Å². The molecule has 2 aliphatic heterocycles. The molecule has 172 valence electrons. The molecule has 3 unspecified atom stereocenters. The lowest BCUT2D eigenvalue weighted by Crippen LogP contribution is -2.49. The van der Waals surface area contributed by atoms with Crippen LogP contribution in [-0.2, 0) is 17.8 Å². The predicted octanol–water partition coefficient (Wildman–Crippen LogP) is 5.01. The highest BCUT2D eigenvalue weighted by atomic mass is 16.5. The van der Waals surface area contributed by atoms with Gasteiger partial charge in [-0.1, -0.05) is 43.3 Å². The third-order valence-electron chi connectivity index (χ3n) is 7.38. The summed E-state index contributed by atoms with van der Waals surface area (Å²) in [5.74, 6) is 1.18. The summed E-state index contributed by atoms with van der Waals surface area (Å²) in [7, 11) is 0. The van der Waals surface area contributed by atoms with Gasteiger partial charge in [0.05, 0.1) is 0 Å². The number of nitrogens with one attached hydrogen (secondary N) is 1. The Balaban J connectivity index is 1.25. The number of rotatable bonds is 6. The molecule has 2 aromatic rings. The highest BCUT2D eigenvalue weighted by Crippen LogP contribution is 2.34. The summed E-state index contributed by atoms with van der Waals surface area (Å²) < 4.78 is 6.51. The average Bonchev–Trinajstić information content (AvgIpc) is 3.14. The molecular weight excluding hydrogens is 412 g/mol.